The van der Waals surface area contributed by atoms with Crippen molar-refractivity contribution in [2.45, 2.75) is 12.8 Å². The van der Waals surface area contributed by atoms with Crippen LogP contribution in [0.25, 0.3) is 32.9 Å². The molecule has 10 heteroatoms. The van der Waals surface area contributed by atoms with Gasteiger partial charge in [-0.2, -0.15) is 0 Å². The smallest absolute Gasteiger partial charge is 0.346 e. The van der Waals surface area contributed by atoms with Gasteiger partial charge in [0.2, 0.25) is 11.8 Å². The summed E-state index contributed by atoms with van der Waals surface area (Å²) >= 11 is 0. The average molecular weight is 593 g/mol. The van der Waals surface area contributed by atoms with E-state index in [0.29, 0.717) is 57.6 Å². The standard InChI is InChI=1S/C34H28N2O8/c1-39-27-11-5-19(13-29(27)41-3)15-31-35-25-9-7-21(17-23(25)33(37)43-31)22-8-10-26-24(18-22)34(38)44-32(36-26)16-20-6-12-28(40-2)30(14-20)42-4/h5-14,17-18H,15-16H2,1-4H3. The van der Waals surface area contributed by atoms with Gasteiger partial charge in [-0.05, 0) is 70.8 Å². The molecule has 10 nitrogen and oxygen atoms in total. The SMILES string of the molecule is COc1ccc(Cc2nc3ccc(-c4ccc5nc(Cc6ccc(OC)c(OC)c6)oc(=O)c5c4)cc3c(=O)o2)cc1OC. The van der Waals surface area contributed by atoms with Crippen molar-refractivity contribution in [3.63, 3.8) is 0 Å². The van der Waals surface area contributed by atoms with Crippen molar-refractivity contribution in [3.8, 4) is 34.1 Å². The lowest BCUT2D eigenvalue weighted by atomic mass is 10.0. The van der Waals surface area contributed by atoms with Gasteiger partial charge in [0, 0.05) is 12.8 Å². The monoisotopic (exact) mass is 592 g/mol. The van der Waals surface area contributed by atoms with Crippen LogP contribution in [0.5, 0.6) is 23.0 Å². The number of hydrogen-bond donors (Lipinski definition) is 0. The largest absolute Gasteiger partial charge is 0.493 e. The molecule has 0 radical (unpaired) electrons. The molecule has 0 saturated heterocycles. The van der Waals surface area contributed by atoms with Gasteiger partial charge < -0.3 is 27.8 Å². The maximum atomic E-state index is 13.0. The average Bonchev–Trinajstić information content (AvgIpc) is 3.04. The lowest BCUT2D eigenvalue weighted by Gasteiger charge is -2.10. The van der Waals surface area contributed by atoms with E-state index in [0.717, 1.165) is 22.3 Å². The van der Waals surface area contributed by atoms with Crippen LogP contribution in [0, 0.1) is 0 Å². The van der Waals surface area contributed by atoms with Crippen molar-refractivity contribution in [2.75, 3.05) is 28.4 Å². The van der Waals surface area contributed by atoms with Crippen LogP contribution < -0.4 is 30.2 Å². The molecule has 0 aliphatic rings. The Bertz CT molecular complexity index is 1980. The molecule has 0 aliphatic carbocycles. The van der Waals surface area contributed by atoms with Crippen molar-refractivity contribution in [1.82, 2.24) is 9.97 Å². The molecule has 6 aromatic rings. The number of methoxy groups -OCH3 is 4. The Morgan fingerprint density at radius 3 is 1.32 bits per heavy atom. The lowest BCUT2D eigenvalue weighted by Crippen LogP contribution is -2.07. The Labute approximate surface area is 251 Å². The molecule has 6 rings (SSSR count). The maximum absolute atomic E-state index is 13.0. The molecule has 0 aliphatic heterocycles. The summed E-state index contributed by atoms with van der Waals surface area (Å²) in [5, 5.41) is 0.656. The van der Waals surface area contributed by atoms with E-state index >= 15 is 0 Å². The summed E-state index contributed by atoms with van der Waals surface area (Å²) in [7, 11) is 6.26. The van der Waals surface area contributed by atoms with E-state index in [1.807, 2.05) is 36.4 Å². The van der Waals surface area contributed by atoms with E-state index in [4.69, 9.17) is 27.8 Å². The van der Waals surface area contributed by atoms with Gasteiger partial charge in [-0.3, -0.25) is 0 Å². The third kappa shape index (κ3) is 5.57. The first kappa shape index (κ1) is 28.5. The molecule has 4 aromatic carbocycles. The van der Waals surface area contributed by atoms with Gasteiger partial charge in [-0.25, -0.2) is 19.6 Å². The first-order valence-corrected chi connectivity index (χ1v) is 13.7. The Kier molecular flexibility index (Phi) is 7.72. The second kappa shape index (κ2) is 11.9. The fourth-order valence-electron chi connectivity index (χ4n) is 5.07. The maximum Gasteiger partial charge on any atom is 0.346 e. The molecule has 0 amide bonds. The van der Waals surface area contributed by atoms with E-state index in [1.165, 1.54) is 0 Å². The highest BCUT2D eigenvalue weighted by Gasteiger charge is 2.14. The van der Waals surface area contributed by atoms with Crippen LogP contribution in [-0.2, 0) is 12.8 Å². The summed E-state index contributed by atoms with van der Waals surface area (Å²) in [4.78, 5) is 35.1. The topological polar surface area (TPSA) is 123 Å². The summed E-state index contributed by atoms with van der Waals surface area (Å²) < 4.78 is 32.4. The van der Waals surface area contributed by atoms with E-state index in [-0.39, 0.29) is 11.8 Å². The molecule has 0 unspecified atom stereocenters. The molecule has 222 valence electrons. The van der Waals surface area contributed by atoms with Gasteiger partial charge in [-0.1, -0.05) is 24.3 Å². The Hall–Kier alpha value is -5.64. The summed E-state index contributed by atoms with van der Waals surface area (Å²) in [6, 6.07) is 21.6. The highest BCUT2D eigenvalue weighted by atomic mass is 16.5. The van der Waals surface area contributed by atoms with E-state index < -0.39 is 11.3 Å². The van der Waals surface area contributed by atoms with Gasteiger partial charge in [0.25, 0.3) is 0 Å². The Balaban J connectivity index is 1.27. The fraction of sp³-hybridized carbons (Fsp3) is 0.176. The molecule has 0 bridgehead atoms. The van der Waals surface area contributed by atoms with Gasteiger partial charge in [0.1, 0.15) is 0 Å². The highest BCUT2D eigenvalue weighted by Crippen LogP contribution is 2.30. The second-order valence-corrected chi connectivity index (χ2v) is 9.99. The van der Waals surface area contributed by atoms with Crippen molar-refractivity contribution in [2.24, 2.45) is 0 Å². The van der Waals surface area contributed by atoms with E-state index in [2.05, 4.69) is 9.97 Å². The van der Waals surface area contributed by atoms with Gasteiger partial charge >= 0.3 is 11.3 Å². The molecule has 0 fully saturated rings. The van der Waals surface area contributed by atoms with Crippen LogP contribution in [0.3, 0.4) is 0 Å². The minimum Gasteiger partial charge on any atom is -0.493 e. The predicted molar refractivity (Wildman–Crippen MR) is 164 cm³/mol. The molecule has 0 spiro atoms. The zero-order valence-corrected chi connectivity index (χ0v) is 24.5. The van der Waals surface area contributed by atoms with Crippen LogP contribution >= 0.6 is 0 Å². The number of nitrogens with zero attached hydrogens (tertiary/aromatic N) is 2. The zero-order chi connectivity index (χ0) is 30.8. The molecular formula is C34H28N2O8. The van der Waals surface area contributed by atoms with Gasteiger partial charge in [-0.15, -0.1) is 0 Å². The summed E-state index contributed by atoms with van der Waals surface area (Å²) in [6.45, 7) is 0. The second-order valence-electron chi connectivity index (χ2n) is 9.99. The van der Waals surface area contributed by atoms with Crippen molar-refractivity contribution in [3.05, 3.63) is 117 Å². The zero-order valence-electron chi connectivity index (χ0n) is 24.5. The predicted octanol–water partition coefficient (Wildman–Crippen LogP) is 5.57. The Morgan fingerprint density at radius 1 is 0.523 bits per heavy atom. The first-order chi connectivity index (χ1) is 21.4. The minimum absolute atomic E-state index is 0.278. The molecule has 0 N–H and O–H groups in total. The molecular weight excluding hydrogens is 564 g/mol. The fourth-order valence-corrected chi connectivity index (χ4v) is 5.07. The number of hydrogen-bond acceptors (Lipinski definition) is 10. The van der Waals surface area contributed by atoms with Gasteiger partial charge in [0.05, 0.1) is 50.2 Å². The van der Waals surface area contributed by atoms with Crippen molar-refractivity contribution < 1.29 is 27.8 Å². The molecule has 0 atom stereocenters. The summed E-state index contributed by atoms with van der Waals surface area (Å²) in [6.07, 6.45) is 0.601. The number of fused-ring (bicyclic) bond motifs is 2. The van der Waals surface area contributed by atoms with Crippen LogP contribution in [0.1, 0.15) is 22.9 Å². The van der Waals surface area contributed by atoms with Crippen LogP contribution in [0.4, 0.5) is 0 Å². The highest BCUT2D eigenvalue weighted by molar-refractivity contribution is 5.87. The molecule has 44 heavy (non-hydrogen) atoms. The minimum atomic E-state index is -0.505. The van der Waals surface area contributed by atoms with E-state index in [9.17, 15) is 9.59 Å². The van der Waals surface area contributed by atoms with Crippen LogP contribution in [0.15, 0.2) is 91.2 Å². The summed E-state index contributed by atoms with van der Waals surface area (Å²) in [5.41, 5.74) is 3.13. The normalized spacial score (nSPS) is 11.1. The Morgan fingerprint density at radius 2 is 0.932 bits per heavy atom. The molecule has 2 heterocycles. The summed E-state index contributed by atoms with van der Waals surface area (Å²) in [5.74, 6) is 2.92. The molecule has 0 saturated carbocycles. The number of ether oxygens (including phenoxy) is 4. The molecule has 2 aromatic heterocycles. The third-order valence-electron chi connectivity index (χ3n) is 7.28. The quantitative estimate of drug-likeness (QED) is 0.210. The van der Waals surface area contributed by atoms with Crippen molar-refractivity contribution >= 4 is 21.8 Å². The van der Waals surface area contributed by atoms with Crippen molar-refractivity contribution in [1.29, 1.82) is 0 Å². The van der Waals surface area contributed by atoms with Crippen LogP contribution in [-0.4, -0.2) is 38.4 Å². The van der Waals surface area contributed by atoms with Crippen LogP contribution in [0.2, 0.25) is 0 Å². The lowest BCUT2D eigenvalue weighted by molar-refractivity contribution is 0.354. The van der Waals surface area contributed by atoms with Gasteiger partial charge in [0.15, 0.2) is 23.0 Å². The first-order valence-electron chi connectivity index (χ1n) is 13.7. The van der Waals surface area contributed by atoms with E-state index in [1.54, 1.807) is 64.8 Å². The number of benzene rings is 4. The number of aromatic nitrogens is 2. The third-order valence-corrected chi connectivity index (χ3v) is 7.28. The number of rotatable bonds is 9.